The van der Waals surface area contributed by atoms with Crippen LogP contribution in [0.15, 0.2) is 15.7 Å². The van der Waals surface area contributed by atoms with Gasteiger partial charge in [-0.25, -0.2) is 0 Å². The zero-order valence-electron chi connectivity index (χ0n) is 5.77. The second-order valence-corrected chi connectivity index (χ2v) is 4.70. The SMILES string of the molecule is Cc1csc(S(=O)(=O)ON)c1. The molecule has 0 bridgehead atoms. The van der Waals surface area contributed by atoms with Gasteiger partial charge in [0.15, 0.2) is 0 Å². The summed E-state index contributed by atoms with van der Waals surface area (Å²) in [5.74, 6) is 4.57. The Hall–Kier alpha value is -0.430. The molecule has 4 nitrogen and oxygen atoms in total. The highest BCUT2D eigenvalue weighted by molar-refractivity contribution is 7.88. The molecule has 11 heavy (non-hydrogen) atoms. The molecule has 0 atom stereocenters. The van der Waals surface area contributed by atoms with E-state index in [4.69, 9.17) is 0 Å². The summed E-state index contributed by atoms with van der Waals surface area (Å²) in [6, 6.07) is 1.51. The third-order valence-corrected chi connectivity index (χ3v) is 3.68. The first kappa shape index (κ1) is 8.66. The highest BCUT2D eigenvalue weighted by Gasteiger charge is 2.15. The molecule has 0 saturated heterocycles. The number of thiophene rings is 1. The minimum atomic E-state index is -3.68. The topological polar surface area (TPSA) is 69.4 Å². The van der Waals surface area contributed by atoms with E-state index in [1.807, 2.05) is 0 Å². The summed E-state index contributed by atoms with van der Waals surface area (Å²) < 4.78 is 25.7. The predicted octanol–water partition coefficient (Wildman–Crippen LogP) is 0.636. The molecule has 0 aromatic carbocycles. The van der Waals surface area contributed by atoms with E-state index in [9.17, 15) is 8.42 Å². The largest absolute Gasteiger partial charge is 0.322 e. The maximum absolute atomic E-state index is 10.9. The van der Waals surface area contributed by atoms with E-state index in [0.717, 1.165) is 16.9 Å². The van der Waals surface area contributed by atoms with Crippen LogP contribution in [0.1, 0.15) is 5.56 Å². The van der Waals surface area contributed by atoms with Crippen molar-refractivity contribution in [3.05, 3.63) is 17.0 Å². The fourth-order valence-corrected chi connectivity index (χ4v) is 2.37. The van der Waals surface area contributed by atoms with E-state index in [1.54, 1.807) is 12.3 Å². The van der Waals surface area contributed by atoms with Crippen LogP contribution >= 0.6 is 11.3 Å². The van der Waals surface area contributed by atoms with Crippen LogP contribution in [0.5, 0.6) is 0 Å². The highest BCUT2D eigenvalue weighted by Crippen LogP contribution is 2.20. The van der Waals surface area contributed by atoms with Crippen LogP contribution in [0, 0.1) is 6.92 Å². The van der Waals surface area contributed by atoms with Gasteiger partial charge in [0.05, 0.1) is 0 Å². The van der Waals surface area contributed by atoms with Crippen LogP contribution in [0.3, 0.4) is 0 Å². The predicted molar refractivity (Wildman–Crippen MR) is 41.5 cm³/mol. The van der Waals surface area contributed by atoms with Gasteiger partial charge in [-0.2, -0.15) is 18.6 Å². The number of hydrogen-bond donors (Lipinski definition) is 1. The maximum atomic E-state index is 10.9. The van der Waals surface area contributed by atoms with Crippen molar-refractivity contribution in [1.29, 1.82) is 0 Å². The van der Waals surface area contributed by atoms with Crippen molar-refractivity contribution in [2.24, 2.45) is 5.90 Å². The minimum absolute atomic E-state index is 0.137. The Morgan fingerprint density at radius 3 is 2.64 bits per heavy atom. The lowest BCUT2D eigenvalue weighted by Crippen LogP contribution is -2.09. The quantitative estimate of drug-likeness (QED) is 0.699. The smallest absolute Gasteiger partial charge is 0.197 e. The standard InChI is InChI=1S/C5H7NO3S2/c1-4-2-5(10-3-4)11(7,8)9-6/h2-3H,6H2,1H3. The summed E-state index contributed by atoms with van der Waals surface area (Å²) in [7, 11) is -3.68. The van der Waals surface area contributed by atoms with Crippen LogP contribution in [-0.2, 0) is 14.4 Å². The molecule has 0 fully saturated rings. The van der Waals surface area contributed by atoms with Gasteiger partial charge < -0.3 is 0 Å². The molecule has 1 aromatic heterocycles. The molecule has 0 unspecified atom stereocenters. The van der Waals surface area contributed by atoms with E-state index >= 15 is 0 Å². The summed E-state index contributed by atoms with van der Waals surface area (Å²) in [6.45, 7) is 1.80. The van der Waals surface area contributed by atoms with Crippen molar-refractivity contribution in [3.8, 4) is 0 Å². The van der Waals surface area contributed by atoms with Crippen LogP contribution in [0.2, 0.25) is 0 Å². The van der Waals surface area contributed by atoms with Crippen LogP contribution in [-0.4, -0.2) is 8.42 Å². The van der Waals surface area contributed by atoms with Gasteiger partial charge in [-0.3, -0.25) is 0 Å². The fraction of sp³-hybridized carbons (Fsp3) is 0.200. The van der Waals surface area contributed by atoms with E-state index in [0.29, 0.717) is 0 Å². The monoisotopic (exact) mass is 193 g/mol. The summed E-state index contributed by atoms with van der Waals surface area (Å²) >= 11 is 1.09. The van der Waals surface area contributed by atoms with Crippen molar-refractivity contribution >= 4 is 21.5 Å². The molecule has 2 N–H and O–H groups in total. The Kier molecular flexibility index (Phi) is 2.28. The van der Waals surface area contributed by atoms with E-state index in [2.05, 4.69) is 10.2 Å². The van der Waals surface area contributed by atoms with Gasteiger partial charge in [0, 0.05) is 0 Å². The molecule has 0 aliphatic carbocycles. The Bertz CT molecular complexity index is 340. The third-order valence-electron chi connectivity index (χ3n) is 1.08. The molecule has 0 spiro atoms. The Morgan fingerprint density at radius 1 is 1.64 bits per heavy atom. The lowest BCUT2D eigenvalue weighted by atomic mass is 10.4. The van der Waals surface area contributed by atoms with Gasteiger partial charge in [-0.1, -0.05) is 0 Å². The highest BCUT2D eigenvalue weighted by atomic mass is 32.3. The maximum Gasteiger partial charge on any atom is 0.322 e. The molecule has 1 aromatic rings. The van der Waals surface area contributed by atoms with Gasteiger partial charge in [0.1, 0.15) is 4.21 Å². The molecular formula is C5H7NO3S2. The lowest BCUT2D eigenvalue weighted by Gasteiger charge is -1.93. The minimum Gasteiger partial charge on any atom is -0.197 e. The van der Waals surface area contributed by atoms with Crippen LogP contribution in [0.25, 0.3) is 0 Å². The molecule has 0 radical (unpaired) electrons. The average Bonchev–Trinajstić information content (AvgIpc) is 2.36. The second-order valence-electron chi connectivity index (χ2n) is 1.99. The molecule has 1 rings (SSSR count). The number of rotatable bonds is 2. The zero-order valence-corrected chi connectivity index (χ0v) is 7.41. The third kappa shape index (κ3) is 1.78. The Labute approximate surface area is 68.7 Å². The van der Waals surface area contributed by atoms with Gasteiger partial charge in [0.2, 0.25) is 0 Å². The lowest BCUT2D eigenvalue weighted by molar-refractivity contribution is 0.334. The molecular weight excluding hydrogens is 186 g/mol. The van der Waals surface area contributed by atoms with Crippen molar-refractivity contribution < 1.29 is 12.7 Å². The van der Waals surface area contributed by atoms with Crippen LogP contribution in [0.4, 0.5) is 0 Å². The Balaban J connectivity index is 3.13. The molecule has 0 amide bonds. The first-order valence-corrected chi connectivity index (χ1v) is 5.03. The second kappa shape index (κ2) is 2.90. The van der Waals surface area contributed by atoms with Crippen molar-refractivity contribution in [1.82, 2.24) is 0 Å². The summed E-state index contributed by atoms with van der Waals surface area (Å²) in [4.78, 5) is 0. The van der Waals surface area contributed by atoms with Crippen LogP contribution < -0.4 is 5.90 Å². The Morgan fingerprint density at radius 2 is 2.27 bits per heavy atom. The first-order chi connectivity index (χ1) is 5.06. The van der Waals surface area contributed by atoms with Gasteiger partial charge >= 0.3 is 10.1 Å². The molecule has 0 saturated carbocycles. The molecule has 0 aliphatic rings. The molecule has 1 heterocycles. The van der Waals surface area contributed by atoms with Gasteiger partial charge in [0.25, 0.3) is 0 Å². The summed E-state index contributed by atoms with van der Waals surface area (Å²) in [6.07, 6.45) is 0. The molecule has 0 aliphatic heterocycles. The van der Waals surface area contributed by atoms with E-state index in [1.165, 1.54) is 6.07 Å². The van der Waals surface area contributed by atoms with Gasteiger partial charge in [-0.05, 0) is 23.9 Å². The van der Waals surface area contributed by atoms with Crippen molar-refractivity contribution in [2.45, 2.75) is 11.1 Å². The normalized spacial score (nSPS) is 11.8. The summed E-state index contributed by atoms with van der Waals surface area (Å²) in [5.41, 5.74) is 0.880. The number of nitrogens with two attached hydrogens (primary N) is 1. The van der Waals surface area contributed by atoms with Crippen molar-refractivity contribution in [2.75, 3.05) is 0 Å². The van der Waals surface area contributed by atoms with Crippen molar-refractivity contribution in [3.63, 3.8) is 0 Å². The van der Waals surface area contributed by atoms with E-state index in [-0.39, 0.29) is 4.21 Å². The summed E-state index contributed by atoms with van der Waals surface area (Å²) in [5, 5.41) is 1.71. The average molecular weight is 193 g/mol. The molecule has 6 heteroatoms. The molecule has 62 valence electrons. The number of aryl methyl sites for hydroxylation is 1. The zero-order chi connectivity index (χ0) is 8.48. The fourth-order valence-electron chi connectivity index (χ4n) is 0.583. The van der Waals surface area contributed by atoms with E-state index < -0.39 is 10.1 Å². The van der Waals surface area contributed by atoms with Gasteiger partial charge in [-0.15, -0.1) is 11.3 Å². The first-order valence-electron chi connectivity index (χ1n) is 2.75. The number of hydrogen-bond acceptors (Lipinski definition) is 5.